The van der Waals surface area contributed by atoms with Crippen molar-refractivity contribution >= 4 is 23.9 Å². The van der Waals surface area contributed by atoms with Gasteiger partial charge in [0.05, 0.1) is 24.3 Å². The van der Waals surface area contributed by atoms with Crippen molar-refractivity contribution in [3.8, 4) is 16.9 Å². The molecule has 0 aromatic heterocycles. The summed E-state index contributed by atoms with van der Waals surface area (Å²) in [5.74, 6) is 0.971. The summed E-state index contributed by atoms with van der Waals surface area (Å²) in [6.07, 6.45) is 1.62. The van der Waals surface area contributed by atoms with Crippen LogP contribution in [0.1, 0.15) is 21.9 Å². The second-order valence-electron chi connectivity index (χ2n) is 6.44. The van der Waals surface area contributed by atoms with Crippen molar-refractivity contribution in [2.24, 2.45) is 5.10 Å². The van der Waals surface area contributed by atoms with Gasteiger partial charge in [-0.1, -0.05) is 60.7 Å². The first-order valence-corrected chi connectivity index (χ1v) is 10.1. The Morgan fingerprint density at radius 2 is 1.71 bits per heavy atom. The molecule has 4 rings (SSSR count). The summed E-state index contributed by atoms with van der Waals surface area (Å²) in [7, 11) is 1.62. The van der Waals surface area contributed by atoms with Crippen LogP contribution >= 0.6 is 11.8 Å². The topological polar surface area (TPSA) is 50.7 Å². The smallest absolute Gasteiger partial charge is 0.250 e. The molecule has 3 aromatic rings. The molecule has 140 valence electrons. The van der Waals surface area contributed by atoms with Crippen LogP contribution in [-0.2, 0) is 4.79 Å². The summed E-state index contributed by atoms with van der Waals surface area (Å²) in [6.45, 7) is 0. The van der Waals surface area contributed by atoms with E-state index >= 15 is 0 Å². The average Bonchev–Trinajstić information content (AvgIpc) is 3.06. The average molecular weight is 388 g/mol. The van der Waals surface area contributed by atoms with Gasteiger partial charge in [-0.05, 0) is 39.9 Å². The van der Waals surface area contributed by atoms with Crippen LogP contribution < -0.4 is 10.2 Å². The molecule has 1 aliphatic rings. The normalized spacial score (nSPS) is 12.6. The fraction of sp³-hybridized carbons (Fsp3) is 0.130. The molecule has 0 unspecified atom stereocenters. The van der Waals surface area contributed by atoms with Gasteiger partial charge in [0.1, 0.15) is 5.75 Å². The molecule has 0 atom stereocenters. The molecule has 0 aliphatic heterocycles. The molecular formula is C23H20N2O2S. The monoisotopic (exact) mass is 388 g/mol. The van der Waals surface area contributed by atoms with Crippen LogP contribution in [0.3, 0.4) is 0 Å². The SMILES string of the molecule is COc1cccc(/C=N\NC(=O)CSC2c3ccccc3-c3ccccc32)c1. The highest BCUT2D eigenvalue weighted by atomic mass is 32.2. The first kappa shape index (κ1) is 18.3. The van der Waals surface area contributed by atoms with Gasteiger partial charge >= 0.3 is 0 Å². The van der Waals surface area contributed by atoms with E-state index in [9.17, 15) is 4.79 Å². The molecule has 28 heavy (non-hydrogen) atoms. The summed E-state index contributed by atoms with van der Waals surface area (Å²) < 4.78 is 5.18. The molecule has 1 amide bonds. The van der Waals surface area contributed by atoms with Gasteiger partial charge < -0.3 is 4.74 Å². The Morgan fingerprint density at radius 1 is 1.04 bits per heavy atom. The fourth-order valence-corrected chi connectivity index (χ4v) is 4.53. The van der Waals surface area contributed by atoms with Crippen molar-refractivity contribution < 1.29 is 9.53 Å². The van der Waals surface area contributed by atoms with E-state index in [0.29, 0.717) is 5.75 Å². The number of hydrogen-bond donors (Lipinski definition) is 1. The second kappa shape index (κ2) is 8.31. The van der Waals surface area contributed by atoms with E-state index in [1.165, 1.54) is 22.3 Å². The number of rotatable bonds is 6. The van der Waals surface area contributed by atoms with Crippen LogP contribution in [0.4, 0.5) is 0 Å². The number of fused-ring (bicyclic) bond motifs is 3. The quantitative estimate of drug-likeness (QED) is 0.494. The Bertz CT molecular complexity index is 987. The molecule has 0 bridgehead atoms. The van der Waals surface area contributed by atoms with Crippen molar-refractivity contribution in [1.82, 2.24) is 5.43 Å². The van der Waals surface area contributed by atoms with E-state index < -0.39 is 0 Å². The molecule has 0 radical (unpaired) electrons. The van der Waals surface area contributed by atoms with Gasteiger partial charge in [0.2, 0.25) is 5.91 Å². The number of ether oxygens (including phenoxy) is 1. The number of nitrogens with one attached hydrogen (secondary N) is 1. The minimum atomic E-state index is -0.119. The van der Waals surface area contributed by atoms with Gasteiger partial charge in [0.25, 0.3) is 0 Å². The molecule has 0 heterocycles. The van der Waals surface area contributed by atoms with Crippen LogP contribution in [0.2, 0.25) is 0 Å². The predicted octanol–water partition coefficient (Wildman–Crippen LogP) is 4.65. The third kappa shape index (κ3) is 3.80. The van der Waals surface area contributed by atoms with Crippen LogP contribution in [0.15, 0.2) is 77.9 Å². The van der Waals surface area contributed by atoms with Crippen molar-refractivity contribution in [3.63, 3.8) is 0 Å². The highest BCUT2D eigenvalue weighted by Crippen LogP contribution is 2.49. The van der Waals surface area contributed by atoms with Crippen LogP contribution in [0.25, 0.3) is 11.1 Å². The molecule has 4 nitrogen and oxygen atoms in total. The lowest BCUT2D eigenvalue weighted by molar-refractivity contribution is -0.118. The van der Waals surface area contributed by atoms with E-state index in [4.69, 9.17) is 4.74 Å². The summed E-state index contributed by atoms with van der Waals surface area (Å²) in [6, 6.07) is 24.3. The molecule has 0 saturated heterocycles. The molecule has 3 aromatic carbocycles. The maximum atomic E-state index is 12.3. The Kier molecular flexibility index (Phi) is 5.44. The number of methoxy groups -OCH3 is 1. The van der Waals surface area contributed by atoms with Gasteiger partial charge in [-0.15, -0.1) is 11.8 Å². The predicted molar refractivity (Wildman–Crippen MR) is 115 cm³/mol. The van der Waals surface area contributed by atoms with Crippen LogP contribution in [0.5, 0.6) is 5.75 Å². The number of carbonyl (C=O) groups is 1. The Morgan fingerprint density at radius 3 is 2.39 bits per heavy atom. The molecule has 1 N–H and O–H groups in total. The number of hydrogen-bond acceptors (Lipinski definition) is 4. The molecular weight excluding hydrogens is 368 g/mol. The molecule has 0 spiro atoms. The maximum absolute atomic E-state index is 12.3. The van der Waals surface area contributed by atoms with E-state index in [1.54, 1.807) is 25.1 Å². The van der Waals surface area contributed by atoms with Gasteiger partial charge in [-0.2, -0.15) is 5.10 Å². The van der Waals surface area contributed by atoms with Crippen molar-refractivity contribution in [1.29, 1.82) is 0 Å². The first-order valence-electron chi connectivity index (χ1n) is 9.02. The van der Waals surface area contributed by atoms with E-state index in [1.807, 2.05) is 24.3 Å². The van der Waals surface area contributed by atoms with Crippen molar-refractivity contribution in [2.75, 3.05) is 12.9 Å². The third-order valence-corrected chi connectivity index (χ3v) is 5.92. The molecule has 1 aliphatic carbocycles. The summed E-state index contributed by atoms with van der Waals surface area (Å²) >= 11 is 1.62. The zero-order valence-corrected chi connectivity index (χ0v) is 16.3. The van der Waals surface area contributed by atoms with Crippen molar-refractivity contribution in [3.05, 3.63) is 89.5 Å². The lowest BCUT2D eigenvalue weighted by Crippen LogP contribution is -2.20. The highest BCUT2D eigenvalue weighted by molar-refractivity contribution is 8.00. The third-order valence-electron chi connectivity index (χ3n) is 4.65. The van der Waals surface area contributed by atoms with E-state index in [-0.39, 0.29) is 11.2 Å². The lowest BCUT2D eigenvalue weighted by Gasteiger charge is -2.12. The van der Waals surface area contributed by atoms with Crippen LogP contribution in [-0.4, -0.2) is 25.0 Å². The molecule has 5 heteroatoms. The Hall–Kier alpha value is -3.05. The zero-order chi connectivity index (χ0) is 19.3. The minimum Gasteiger partial charge on any atom is -0.497 e. The van der Waals surface area contributed by atoms with Gasteiger partial charge in [0.15, 0.2) is 0 Å². The number of carbonyl (C=O) groups excluding carboxylic acids is 1. The summed E-state index contributed by atoms with van der Waals surface area (Å²) in [5.41, 5.74) is 8.52. The number of thioether (sulfide) groups is 1. The lowest BCUT2D eigenvalue weighted by atomic mass is 10.1. The van der Waals surface area contributed by atoms with Gasteiger partial charge in [0, 0.05) is 0 Å². The van der Waals surface area contributed by atoms with E-state index in [0.717, 1.165) is 11.3 Å². The number of amides is 1. The highest BCUT2D eigenvalue weighted by Gasteiger charge is 2.28. The largest absolute Gasteiger partial charge is 0.497 e. The van der Waals surface area contributed by atoms with Gasteiger partial charge in [-0.3, -0.25) is 4.79 Å². The summed E-state index contributed by atoms with van der Waals surface area (Å²) in [5, 5.41) is 4.22. The van der Waals surface area contributed by atoms with Gasteiger partial charge in [-0.25, -0.2) is 5.43 Å². The molecule has 0 fully saturated rings. The first-order chi connectivity index (χ1) is 13.8. The fourth-order valence-electron chi connectivity index (χ4n) is 3.38. The number of hydrazone groups is 1. The molecule has 0 saturated carbocycles. The number of benzene rings is 3. The summed E-state index contributed by atoms with van der Waals surface area (Å²) in [4.78, 5) is 12.3. The second-order valence-corrected chi connectivity index (χ2v) is 7.53. The zero-order valence-electron chi connectivity index (χ0n) is 15.5. The van der Waals surface area contributed by atoms with Crippen LogP contribution in [0, 0.1) is 0 Å². The minimum absolute atomic E-state index is 0.119. The standard InChI is InChI=1S/C23H20N2O2S/c1-27-17-8-6-7-16(13-17)14-24-25-22(26)15-28-23-20-11-4-2-9-18(20)19-10-3-5-12-21(19)23/h2-14,23H,15H2,1H3,(H,25,26)/b24-14-. The Balaban J connectivity index is 1.39. The van der Waals surface area contributed by atoms with E-state index in [2.05, 4.69) is 59.1 Å². The number of nitrogens with zero attached hydrogens (tertiary/aromatic N) is 1. The Labute approximate surface area is 168 Å². The van der Waals surface area contributed by atoms with Crippen molar-refractivity contribution in [2.45, 2.75) is 5.25 Å². The maximum Gasteiger partial charge on any atom is 0.250 e.